The Morgan fingerprint density at radius 3 is 1.84 bits per heavy atom. The number of anilines is 3. The number of nitrogens with two attached hydrogens (primary N) is 1. The van der Waals surface area contributed by atoms with Gasteiger partial charge in [-0.25, -0.2) is 4.98 Å². The lowest BCUT2D eigenvalue weighted by Gasteiger charge is -2.38. The topological polar surface area (TPSA) is 75.9 Å². The Labute approximate surface area is 188 Å². The third kappa shape index (κ3) is 6.68. The SMILES string of the molecule is Nc1cnc2c(c1)N(CCNCCN1CCCC1)CCN2CCNCCN1CCCC1. The van der Waals surface area contributed by atoms with Crippen molar-refractivity contribution in [2.45, 2.75) is 25.7 Å². The van der Waals surface area contributed by atoms with Crippen molar-refractivity contribution in [3.8, 4) is 0 Å². The van der Waals surface area contributed by atoms with E-state index in [4.69, 9.17) is 10.7 Å². The normalized spacial score (nSPS) is 20.0. The molecular weight excluding hydrogens is 388 g/mol. The number of nitrogens with one attached hydrogen (secondary N) is 2. The molecule has 0 spiro atoms. The number of hydrogen-bond donors (Lipinski definition) is 3. The fraction of sp³-hybridized carbons (Fsp3) is 0.783. The molecule has 0 aromatic carbocycles. The first-order valence-corrected chi connectivity index (χ1v) is 12.4. The molecule has 4 heterocycles. The van der Waals surface area contributed by atoms with Crippen molar-refractivity contribution < 1.29 is 0 Å². The van der Waals surface area contributed by atoms with Crippen molar-refractivity contribution in [3.63, 3.8) is 0 Å². The highest BCUT2D eigenvalue weighted by Gasteiger charge is 2.23. The molecule has 8 heteroatoms. The molecule has 1 aromatic rings. The van der Waals surface area contributed by atoms with Gasteiger partial charge in [0.25, 0.3) is 0 Å². The predicted octanol–water partition coefficient (Wildman–Crippen LogP) is 0.661. The molecule has 0 unspecified atom stereocenters. The molecule has 0 saturated carbocycles. The first-order valence-electron chi connectivity index (χ1n) is 12.4. The first-order chi connectivity index (χ1) is 15.3. The van der Waals surface area contributed by atoms with Crippen molar-refractivity contribution in [1.29, 1.82) is 0 Å². The minimum absolute atomic E-state index is 0.747. The smallest absolute Gasteiger partial charge is 0.152 e. The van der Waals surface area contributed by atoms with E-state index in [0.717, 1.165) is 63.9 Å². The summed E-state index contributed by atoms with van der Waals surface area (Å²) in [6.45, 7) is 15.6. The third-order valence-electron chi connectivity index (χ3n) is 6.87. The van der Waals surface area contributed by atoms with Crippen LogP contribution >= 0.6 is 0 Å². The summed E-state index contributed by atoms with van der Waals surface area (Å²) in [6.07, 6.45) is 7.25. The molecule has 3 aliphatic rings. The van der Waals surface area contributed by atoms with Crippen LogP contribution in [0, 0.1) is 0 Å². The molecule has 174 valence electrons. The van der Waals surface area contributed by atoms with Crippen LogP contribution in [0.1, 0.15) is 25.7 Å². The van der Waals surface area contributed by atoms with E-state index in [0.29, 0.717) is 0 Å². The minimum Gasteiger partial charge on any atom is -0.397 e. The maximum absolute atomic E-state index is 6.09. The van der Waals surface area contributed by atoms with E-state index in [1.54, 1.807) is 6.20 Å². The zero-order chi connectivity index (χ0) is 21.3. The molecule has 0 bridgehead atoms. The Morgan fingerprint density at radius 2 is 1.23 bits per heavy atom. The monoisotopic (exact) mass is 430 g/mol. The predicted molar refractivity (Wildman–Crippen MR) is 130 cm³/mol. The molecule has 8 nitrogen and oxygen atoms in total. The molecule has 0 aliphatic carbocycles. The van der Waals surface area contributed by atoms with Crippen LogP contribution in [0.5, 0.6) is 0 Å². The van der Waals surface area contributed by atoms with Gasteiger partial charge in [0.2, 0.25) is 0 Å². The molecule has 4 rings (SSSR count). The van der Waals surface area contributed by atoms with Crippen molar-refractivity contribution in [2.24, 2.45) is 0 Å². The fourth-order valence-electron chi connectivity index (χ4n) is 5.02. The van der Waals surface area contributed by atoms with Crippen LogP contribution < -0.4 is 26.2 Å². The zero-order valence-corrected chi connectivity index (χ0v) is 19.2. The summed E-state index contributed by atoms with van der Waals surface area (Å²) in [6, 6.07) is 2.10. The van der Waals surface area contributed by atoms with Crippen molar-refractivity contribution in [2.75, 3.05) is 107 Å². The van der Waals surface area contributed by atoms with Crippen molar-refractivity contribution in [3.05, 3.63) is 12.3 Å². The van der Waals surface area contributed by atoms with Crippen LogP contribution in [0.25, 0.3) is 0 Å². The van der Waals surface area contributed by atoms with Crippen LogP contribution in [0.15, 0.2) is 12.3 Å². The number of rotatable bonds is 12. The Hall–Kier alpha value is -1.61. The largest absolute Gasteiger partial charge is 0.397 e. The summed E-state index contributed by atoms with van der Waals surface area (Å²) in [4.78, 5) is 14.7. The Morgan fingerprint density at radius 1 is 0.710 bits per heavy atom. The van der Waals surface area contributed by atoms with Gasteiger partial charge in [-0.2, -0.15) is 0 Å². The summed E-state index contributed by atoms with van der Waals surface area (Å²) < 4.78 is 0. The molecule has 0 amide bonds. The van der Waals surface area contributed by atoms with Gasteiger partial charge in [-0.3, -0.25) is 0 Å². The van der Waals surface area contributed by atoms with E-state index in [2.05, 4.69) is 36.3 Å². The van der Waals surface area contributed by atoms with Crippen molar-refractivity contribution >= 4 is 17.2 Å². The van der Waals surface area contributed by atoms with Crippen LogP contribution in [-0.2, 0) is 0 Å². The summed E-state index contributed by atoms with van der Waals surface area (Å²) in [5.74, 6) is 1.08. The maximum Gasteiger partial charge on any atom is 0.152 e. The van der Waals surface area contributed by atoms with E-state index in [1.165, 1.54) is 70.6 Å². The van der Waals surface area contributed by atoms with Gasteiger partial charge in [0, 0.05) is 65.4 Å². The minimum atomic E-state index is 0.747. The molecule has 31 heavy (non-hydrogen) atoms. The molecule has 3 aliphatic heterocycles. The number of hydrogen-bond acceptors (Lipinski definition) is 8. The maximum atomic E-state index is 6.09. The van der Waals surface area contributed by atoms with Gasteiger partial charge in [0.05, 0.1) is 17.6 Å². The number of pyridine rings is 1. The van der Waals surface area contributed by atoms with Crippen LogP contribution in [0.4, 0.5) is 17.2 Å². The summed E-state index contributed by atoms with van der Waals surface area (Å²) in [5, 5.41) is 7.25. The van der Waals surface area contributed by atoms with Gasteiger partial charge < -0.3 is 36.0 Å². The quantitative estimate of drug-likeness (QED) is 0.418. The van der Waals surface area contributed by atoms with Gasteiger partial charge in [-0.1, -0.05) is 0 Å². The van der Waals surface area contributed by atoms with Gasteiger partial charge >= 0.3 is 0 Å². The van der Waals surface area contributed by atoms with Crippen LogP contribution in [0.2, 0.25) is 0 Å². The Kier molecular flexibility index (Phi) is 8.63. The number of nitrogen functional groups attached to an aromatic ring is 1. The van der Waals surface area contributed by atoms with E-state index < -0.39 is 0 Å². The number of nitrogens with zero attached hydrogens (tertiary/aromatic N) is 5. The zero-order valence-electron chi connectivity index (χ0n) is 19.2. The molecule has 0 radical (unpaired) electrons. The first kappa shape index (κ1) is 22.6. The van der Waals surface area contributed by atoms with Gasteiger partial charge in [0.15, 0.2) is 5.82 Å². The second kappa shape index (κ2) is 11.9. The Balaban J connectivity index is 1.20. The molecule has 0 atom stereocenters. The highest BCUT2D eigenvalue weighted by Crippen LogP contribution is 2.32. The molecule has 1 aromatic heterocycles. The van der Waals surface area contributed by atoms with Crippen molar-refractivity contribution in [1.82, 2.24) is 25.4 Å². The lowest BCUT2D eigenvalue weighted by Crippen LogP contribution is -2.46. The fourth-order valence-corrected chi connectivity index (χ4v) is 5.02. The van der Waals surface area contributed by atoms with E-state index in [-0.39, 0.29) is 0 Å². The second-order valence-corrected chi connectivity index (χ2v) is 9.18. The summed E-state index contributed by atoms with van der Waals surface area (Å²) in [7, 11) is 0. The van der Waals surface area contributed by atoms with Crippen LogP contribution in [0.3, 0.4) is 0 Å². The van der Waals surface area contributed by atoms with E-state index in [1.807, 2.05) is 0 Å². The summed E-state index contributed by atoms with van der Waals surface area (Å²) in [5.41, 5.74) is 8.02. The molecule has 2 fully saturated rings. The third-order valence-corrected chi connectivity index (χ3v) is 6.87. The van der Waals surface area contributed by atoms with Crippen LogP contribution in [-0.4, -0.2) is 106 Å². The number of aromatic nitrogens is 1. The van der Waals surface area contributed by atoms with Gasteiger partial charge in [-0.05, 0) is 57.9 Å². The highest BCUT2D eigenvalue weighted by molar-refractivity contribution is 5.72. The lowest BCUT2D eigenvalue weighted by atomic mass is 10.2. The molecular formula is C23H42N8. The van der Waals surface area contributed by atoms with E-state index in [9.17, 15) is 0 Å². The molecule has 4 N–H and O–H groups in total. The Bertz CT molecular complexity index is 657. The van der Waals surface area contributed by atoms with Gasteiger partial charge in [0.1, 0.15) is 0 Å². The second-order valence-electron chi connectivity index (χ2n) is 9.18. The van der Waals surface area contributed by atoms with E-state index >= 15 is 0 Å². The van der Waals surface area contributed by atoms with Gasteiger partial charge in [-0.15, -0.1) is 0 Å². The number of likely N-dealkylation sites (tertiary alicyclic amines) is 2. The molecule has 2 saturated heterocycles. The lowest BCUT2D eigenvalue weighted by molar-refractivity contribution is 0.336. The standard InChI is InChI=1S/C23H42N8/c24-21-19-22-23(27-20-21)31(16-8-26-6-14-29-11-3-4-12-29)18-17-30(22)15-7-25-5-13-28-9-1-2-10-28/h19-20,25-26H,1-18,24H2. The highest BCUT2D eigenvalue weighted by atomic mass is 15.3. The average molecular weight is 431 g/mol. The number of fused-ring (bicyclic) bond motifs is 1. The average Bonchev–Trinajstić information content (AvgIpc) is 3.48. The summed E-state index contributed by atoms with van der Waals surface area (Å²) >= 11 is 0.